The summed E-state index contributed by atoms with van der Waals surface area (Å²) in [5.41, 5.74) is 2.38. The lowest BCUT2D eigenvalue weighted by molar-refractivity contribution is 0.141. The van der Waals surface area contributed by atoms with E-state index in [-0.39, 0.29) is 6.10 Å². The van der Waals surface area contributed by atoms with Crippen LogP contribution in [0.3, 0.4) is 0 Å². The molecule has 2 nitrogen and oxygen atoms in total. The molecule has 0 aliphatic carbocycles. The molecule has 0 saturated carbocycles. The lowest BCUT2D eigenvalue weighted by Crippen LogP contribution is -2.15. The van der Waals surface area contributed by atoms with Crippen molar-refractivity contribution in [3.05, 3.63) is 62.2 Å². The van der Waals surface area contributed by atoms with Crippen LogP contribution in [0.1, 0.15) is 17.5 Å². The first kappa shape index (κ1) is 15.1. The van der Waals surface area contributed by atoms with Crippen LogP contribution in [-0.4, -0.2) is 19.3 Å². The van der Waals surface area contributed by atoms with E-state index in [1.807, 2.05) is 24.3 Å². The standard InChI is InChI=1S/C17H16ClIO2/c18-17-13(2-1-3-16(17)19)10-12-4-6-14(7-5-12)21-15-8-9-20-11-15/h1-7,15H,8-11H2/t15-/m0/s1. The van der Waals surface area contributed by atoms with E-state index in [1.165, 1.54) is 5.56 Å². The second-order valence-corrected chi connectivity index (χ2v) is 6.68. The van der Waals surface area contributed by atoms with Crippen molar-refractivity contribution in [1.82, 2.24) is 0 Å². The van der Waals surface area contributed by atoms with Gasteiger partial charge in [-0.3, -0.25) is 0 Å². The lowest BCUT2D eigenvalue weighted by Gasteiger charge is -2.12. The molecule has 0 bridgehead atoms. The SMILES string of the molecule is Clc1c(I)cccc1Cc1ccc(O[C@H]2CCOC2)cc1. The number of rotatable bonds is 4. The average molecular weight is 415 g/mol. The smallest absolute Gasteiger partial charge is 0.124 e. The van der Waals surface area contributed by atoms with Crippen molar-refractivity contribution in [1.29, 1.82) is 0 Å². The van der Waals surface area contributed by atoms with E-state index < -0.39 is 0 Å². The fourth-order valence-electron chi connectivity index (χ4n) is 2.39. The molecule has 2 aromatic rings. The molecule has 1 aliphatic heterocycles. The third-order valence-corrected chi connectivity index (χ3v) is 5.20. The molecule has 1 atom stereocenters. The monoisotopic (exact) mass is 414 g/mol. The minimum Gasteiger partial charge on any atom is -0.488 e. The van der Waals surface area contributed by atoms with Crippen LogP contribution < -0.4 is 4.74 Å². The summed E-state index contributed by atoms with van der Waals surface area (Å²) in [4.78, 5) is 0. The minimum atomic E-state index is 0.195. The van der Waals surface area contributed by atoms with Crippen molar-refractivity contribution < 1.29 is 9.47 Å². The summed E-state index contributed by atoms with van der Waals surface area (Å²) in [7, 11) is 0. The molecule has 0 radical (unpaired) electrons. The van der Waals surface area contributed by atoms with Crippen LogP contribution in [0.15, 0.2) is 42.5 Å². The van der Waals surface area contributed by atoms with E-state index in [1.54, 1.807) is 0 Å². The number of hydrogen-bond acceptors (Lipinski definition) is 2. The van der Waals surface area contributed by atoms with Crippen LogP contribution in [0.4, 0.5) is 0 Å². The van der Waals surface area contributed by atoms with Crippen LogP contribution in [0, 0.1) is 3.57 Å². The van der Waals surface area contributed by atoms with Crippen molar-refractivity contribution in [3.8, 4) is 5.75 Å². The zero-order valence-corrected chi connectivity index (χ0v) is 14.4. The van der Waals surface area contributed by atoms with E-state index in [9.17, 15) is 0 Å². The average Bonchev–Trinajstić information content (AvgIpc) is 2.99. The summed E-state index contributed by atoms with van der Waals surface area (Å²) >= 11 is 8.60. The highest BCUT2D eigenvalue weighted by molar-refractivity contribution is 14.1. The Morgan fingerprint density at radius 3 is 2.71 bits per heavy atom. The van der Waals surface area contributed by atoms with Gasteiger partial charge in [-0.05, 0) is 58.3 Å². The van der Waals surface area contributed by atoms with E-state index >= 15 is 0 Å². The summed E-state index contributed by atoms with van der Waals surface area (Å²) in [6.07, 6.45) is 2.00. The topological polar surface area (TPSA) is 18.5 Å². The van der Waals surface area contributed by atoms with Gasteiger partial charge in [0.25, 0.3) is 0 Å². The first-order chi connectivity index (χ1) is 10.2. The van der Waals surface area contributed by atoms with Crippen LogP contribution >= 0.6 is 34.2 Å². The van der Waals surface area contributed by atoms with Crippen molar-refractivity contribution in [2.24, 2.45) is 0 Å². The van der Waals surface area contributed by atoms with Crippen LogP contribution in [0.25, 0.3) is 0 Å². The largest absolute Gasteiger partial charge is 0.488 e. The van der Waals surface area contributed by atoms with E-state index in [2.05, 4.69) is 40.8 Å². The van der Waals surface area contributed by atoms with Crippen molar-refractivity contribution in [2.45, 2.75) is 18.9 Å². The first-order valence-corrected chi connectivity index (χ1v) is 8.44. The predicted molar refractivity (Wildman–Crippen MR) is 93.3 cm³/mol. The van der Waals surface area contributed by atoms with E-state index in [0.717, 1.165) is 39.4 Å². The van der Waals surface area contributed by atoms with Gasteiger partial charge < -0.3 is 9.47 Å². The van der Waals surface area contributed by atoms with Gasteiger partial charge in [0.1, 0.15) is 11.9 Å². The minimum absolute atomic E-state index is 0.195. The molecule has 0 N–H and O–H groups in total. The predicted octanol–water partition coefficient (Wildman–Crippen LogP) is 4.70. The summed E-state index contributed by atoms with van der Waals surface area (Å²) in [6, 6.07) is 14.4. The maximum atomic E-state index is 6.34. The molecule has 3 rings (SSSR count). The second-order valence-electron chi connectivity index (χ2n) is 5.14. The zero-order chi connectivity index (χ0) is 14.7. The number of hydrogen-bond donors (Lipinski definition) is 0. The quantitative estimate of drug-likeness (QED) is 0.675. The molecule has 0 amide bonds. The molecule has 1 heterocycles. The van der Waals surface area contributed by atoms with Gasteiger partial charge >= 0.3 is 0 Å². The Balaban J connectivity index is 1.67. The van der Waals surface area contributed by atoms with Gasteiger partial charge in [0.05, 0.1) is 18.2 Å². The highest BCUT2D eigenvalue weighted by Crippen LogP contribution is 2.26. The molecule has 21 heavy (non-hydrogen) atoms. The fraction of sp³-hybridized carbons (Fsp3) is 0.294. The van der Waals surface area contributed by atoms with Gasteiger partial charge in [-0.1, -0.05) is 35.9 Å². The maximum absolute atomic E-state index is 6.34. The van der Waals surface area contributed by atoms with Crippen molar-refractivity contribution >= 4 is 34.2 Å². The zero-order valence-electron chi connectivity index (χ0n) is 11.5. The van der Waals surface area contributed by atoms with Crippen molar-refractivity contribution in [3.63, 3.8) is 0 Å². The fourth-order valence-corrected chi connectivity index (χ4v) is 3.14. The molecule has 110 valence electrons. The summed E-state index contributed by atoms with van der Waals surface area (Å²) in [6.45, 7) is 1.49. The van der Waals surface area contributed by atoms with Gasteiger partial charge in [0.15, 0.2) is 0 Å². The Morgan fingerprint density at radius 1 is 1.19 bits per heavy atom. The van der Waals surface area contributed by atoms with Gasteiger partial charge in [-0.2, -0.15) is 0 Å². The first-order valence-electron chi connectivity index (χ1n) is 6.98. The third kappa shape index (κ3) is 3.90. The molecule has 4 heteroatoms. The molecule has 1 saturated heterocycles. The summed E-state index contributed by atoms with van der Waals surface area (Å²) < 4.78 is 12.3. The van der Waals surface area contributed by atoms with Gasteiger partial charge in [-0.25, -0.2) is 0 Å². The Morgan fingerprint density at radius 2 is 2.00 bits per heavy atom. The van der Waals surface area contributed by atoms with Crippen molar-refractivity contribution in [2.75, 3.05) is 13.2 Å². The molecule has 0 unspecified atom stereocenters. The Labute approximate surface area is 143 Å². The molecule has 1 aliphatic rings. The Hall–Kier alpha value is -0.780. The van der Waals surface area contributed by atoms with E-state index in [0.29, 0.717) is 6.61 Å². The molecular weight excluding hydrogens is 399 g/mol. The van der Waals surface area contributed by atoms with Crippen LogP contribution in [0.2, 0.25) is 5.02 Å². The Bertz CT molecular complexity index is 607. The molecule has 1 fully saturated rings. The normalized spacial score (nSPS) is 17.9. The van der Waals surface area contributed by atoms with Crippen LogP contribution in [-0.2, 0) is 11.2 Å². The molecular formula is C17H16ClIO2. The Kier molecular flexibility index (Phi) is 5.03. The molecule has 0 aromatic heterocycles. The molecule has 2 aromatic carbocycles. The third-order valence-electron chi connectivity index (χ3n) is 3.54. The molecule has 0 spiro atoms. The van der Waals surface area contributed by atoms with Gasteiger partial charge in [0.2, 0.25) is 0 Å². The number of benzene rings is 2. The van der Waals surface area contributed by atoms with Crippen LogP contribution in [0.5, 0.6) is 5.75 Å². The summed E-state index contributed by atoms with van der Waals surface area (Å²) in [5.74, 6) is 0.906. The highest BCUT2D eigenvalue weighted by atomic mass is 127. The van der Waals surface area contributed by atoms with Gasteiger partial charge in [0, 0.05) is 9.99 Å². The number of ether oxygens (including phenoxy) is 2. The van der Waals surface area contributed by atoms with Gasteiger partial charge in [-0.15, -0.1) is 0 Å². The van der Waals surface area contributed by atoms with E-state index in [4.69, 9.17) is 21.1 Å². The lowest BCUT2D eigenvalue weighted by atomic mass is 10.0. The second kappa shape index (κ2) is 6.99. The summed E-state index contributed by atoms with van der Waals surface area (Å²) in [5, 5.41) is 0.849. The maximum Gasteiger partial charge on any atom is 0.124 e. The number of halogens is 2. The highest BCUT2D eigenvalue weighted by Gasteiger charge is 2.16.